The van der Waals surface area contributed by atoms with E-state index in [4.69, 9.17) is 11.6 Å². The molecule has 4 heteroatoms. The maximum absolute atomic E-state index is 11.0. The molecular formula is C8H5ClO3. The predicted octanol–water partition coefficient (Wildman–Crippen LogP) is 1.50. The average molecular weight is 185 g/mol. The number of hydrogen-bond donors (Lipinski definition) is 1. The Morgan fingerprint density at radius 2 is 2.25 bits per heavy atom. The molecule has 0 amide bonds. The molecule has 3 nitrogen and oxygen atoms in total. The van der Waals surface area contributed by atoms with Gasteiger partial charge in [-0.05, 0) is 6.07 Å². The van der Waals surface area contributed by atoms with Crippen molar-refractivity contribution in [3.63, 3.8) is 0 Å². The lowest BCUT2D eigenvalue weighted by Crippen LogP contribution is -1.96. The zero-order valence-electron chi connectivity index (χ0n) is 5.95. The second-order valence-corrected chi connectivity index (χ2v) is 2.87. The third-order valence-electron chi connectivity index (χ3n) is 1.73. The molecule has 0 radical (unpaired) electrons. The van der Waals surface area contributed by atoms with E-state index in [2.05, 4.69) is 4.74 Å². The number of halogens is 1. The largest absolute Gasteiger partial charge is 0.428 e. The molecule has 0 spiro atoms. The number of carbonyl (C=O) groups is 1. The first-order valence-corrected chi connectivity index (χ1v) is 3.75. The SMILES string of the molecule is O=C1O[C@H](O)c2cccc(Cl)c21. The average Bonchev–Trinajstić information content (AvgIpc) is 2.29. The fourth-order valence-electron chi connectivity index (χ4n) is 1.19. The Balaban J connectivity index is 2.67. The standard InChI is InChI=1S/C8H5ClO3/c9-5-3-1-2-4-6(5)8(11)12-7(4)10/h1-3,7,10H/t7-/m0/s1. The molecule has 0 aromatic heterocycles. The van der Waals surface area contributed by atoms with E-state index >= 15 is 0 Å². The van der Waals surface area contributed by atoms with Crippen LogP contribution in [0.15, 0.2) is 18.2 Å². The summed E-state index contributed by atoms with van der Waals surface area (Å²) in [5.74, 6) is -0.567. The molecule has 1 atom stereocenters. The van der Waals surface area contributed by atoms with E-state index in [-0.39, 0.29) is 5.56 Å². The lowest BCUT2D eigenvalue weighted by molar-refractivity contribution is -0.0547. The van der Waals surface area contributed by atoms with Gasteiger partial charge in [0.2, 0.25) is 6.29 Å². The van der Waals surface area contributed by atoms with Gasteiger partial charge in [0, 0.05) is 5.56 Å². The molecule has 1 aromatic rings. The fraction of sp³-hybridized carbons (Fsp3) is 0.125. The normalized spacial score (nSPS) is 20.5. The summed E-state index contributed by atoms with van der Waals surface area (Å²) in [6, 6.07) is 4.85. The summed E-state index contributed by atoms with van der Waals surface area (Å²) in [4.78, 5) is 11.0. The van der Waals surface area contributed by atoms with E-state index in [1.54, 1.807) is 18.2 Å². The zero-order valence-corrected chi connectivity index (χ0v) is 6.71. The van der Waals surface area contributed by atoms with Gasteiger partial charge in [-0.3, -0.25) is 0 Å². The Bertz CT molecular complexity index is 348. The number of aliphatic hydroxyl groups excluding tert-OH is 1. The number of hydrogen-bond acceptors (Lipinski definition) is 3. The molecule has 1 N–H and O–H groups in total. The van der Waals surface area contributed by atoms with Crippen LogP contribution in [0.3, 0.4) is 0 Å². The van der Waals surface area contributed by atoms with Crippen LogP contribution in [0, 0.1) is 0 Å². The number of fused-ring (bicyclic) bond motifs is 1. The van der Waals surface area contributed by atoms with Crippen LogP contribution in [-0.4, -0.2) is 11.1 Å². The van der Waals surface area contributed by atoms with Crippen molar-refractivity contribution in [1.29, 1.82) is 0 Å². The van der Waals surface area contributed by atoms with Gasteiger partial charge >= 0.3 is 5.97 Å². The maximum Gasteiger partial charge on any atom is 0.342 e. The van der Waals surface area contributed by atoms with Crippen molar-refractivity contribution in [3.8, 4) is 0 Å². The van der Waals surface area contributed by atoms with Crippen LogP contribution in [0.2, 0.25) is 5.02 Å². The van der Waals surface area contributed by atoms with Gasteiger partial charge in [-0.2, -0.15) is 0 Å². The van der Waals surface area contributed by atoms with Crippen LogP contribution in [0.1, 0.15) is 22.2 Å². The first-order valence-electron chi connectivity index (χ1n) is 3.37. The molecule has 1 aliphatic rings. The second-order valence-electron chi connectivity index (χ2n) is 2.46. The molecule has 62 valence electrons. The highest BCUT2D eigenvalue weighted by molar-refractivity contribution is 6.34. The number of cyclic esters (lactones) is 1. The fourth-order valence-corrected chi connectivity index (χ4v) is 1.44. The molecule has 0 saturated carbocycles. The molecule has 0 aliphatic carbocycles. The smallest absolute Gasteiger partial charge is 0.342 e. The van der Waals surface area contributed by atoms with Gasteiger partial charge in [-0.15, -0.1) is 0 Å². The van der Waals surface area contributed by atoms with E-state index in [9.17, 15) is 9.90 Å². The number of rotatable bonds is 0. The molecule has 0 saturated heterocycles. The number of aliphatic hydroxyl groups is 1. The Morgan fingerprint density at radius 1 is 1.50 bits per heavy atom. The molecule has 12 heavy (non-hydrogen) atoms. The molecule has 0 unspecified atom stereocenters. The van der Waals surface area contributed by atoms with E-state index in [1.165, 1.54) is 0 Å². The Morgan fingerprint density at radius 3 is 2.92 bits per heavy atom. The quantitative estimate of drug-likeness (QED) is 0.622. The molecular weight excluding hydrogens is 180 g/mol. The summed E-state index contributed by atoms with van der Waals surface area (Å²) in [5.41, 5.74) is 0.708. The third-order valence-corrected chi connectivity index (χ3v) is 2.05. The van der Waals surface area contributed by atoms with Crippen LogP contribution in [0.25, 0.3) is 0 Å². The molecule has 1 heterocycles. The molecule has 0 bridgehead atoms. The lowest BCUT2D eigenvalue weighted by atomic mass is 10.1. The summed E-state index contributed by atoms with van der Waals surface area (Å²) in [6.07, 6.45) is -1.16. The number of benzene rings is 1. The Labute approximate surface area is 73.5 Å². The predicted molar refractivity (Wildman–Crippen MR) is 41.8 cm³/mol. The van der Waals surface area contributed by atoms with Crippen LogP contribution >= 0.6 is 11.6 Å². The van der Waals surface area contributed by atoms with Gasteiger partial charge in [0.25, 0.3) is 0 Å². The third kappa shape index (κ3) is 0.906. The van der Waals surface area contributed by atoms with Crippen molar-refractivity contribution in [3.05, 3.63) is 34.3 Å². The van der Waals surface area contributed by atoms with E-state index < -0.39 is 12.3 Å². The highest BCUT2D eigenvalue weighted by Crippen LogP contribution is 2.32. The number of esters is 1. The van der Waals surface area contributed by atoms with Crippen molar-refractivity contribution in [2.24, 2.45) is 0 Å². The summed E-state index contributed by atoms with van der Waals surface area (Å²) >= 11 is 5.72. The molecule has 0 fully saturated rings. The van der Waals surface area contributed by atoms with Gasteiger partial charge in [-0.1, -0.05) is 23.7 Å². The van der Waals surface area contributed by atoms with Crippen molar-refractivity contribution in [1.82, 2.24) is 0 Å². The maximum atomic E-state index is 11.0. The summed E-state index contributed by atoms with van der Waals surface area (Å²) in [6.45, 7) is 0. The van der Waals surface area contributed by atoms with Crippen molar-refractivity contribution < 1.29 is 14.6 Å². The minimum absolute atomic E-state index is 0.270. The van der Waals surface area contributed by atoms with Crippen LogP contribution in [0.5, 0.6) is 0 Å². The summed E-state index contributed by atoms with van der Waals surface area (Å²) in [7, 11) is 0. The van der Waals surface area contributed by atoms with Gasteiger partial charge in [0.1, 0.15) is 0 Å². The lowest BCUT2D eigenvalue weighted by Gasteiger charge is -1.99. The monoisotopic (exact) mass is 184 g/mol. The van der Waals surface area contributed by atoms with Gasteiger partial charge in [0.15, 0.2) is 0 Å². The summed E-state index contributed by atoms with van der Waals surface area (Å²) in [5, 5.41) is 9.49. The van der Waals surface area contributed by atoms with Gasteiger partial charge in [0.05, 0.1) is 10.6 Å². The minimum atomic E-state index is -1.16. The van der Waals surface area contributed by atoms with Crippen LogP contribution in [-0.2, 0) is 4.74 Å². The molecule has 2 rings (SSSR count). The second kappa shape index (κ2) is 2.47. The minimum Gasteiger partial charge on any atom is -0.428 e. The van der Waals surface area contributed by atoms with E-state index in [1.807, 2.05) is 0 Å². The highest BCUT2D eigenvalue weighted by atomic mass is 35.5. The van der Waals surface area contributed by atoms with Crippen molar-refractivity contribution in [2.75, 3.05) is 0 Å². The first kappa shape index (κ1) is 7.58. The topological polar surface area (TPSA) is 46.5 Å². The highest BCUT2D eigenvalue weighted by Gasteiger charge is 2.31. The number of ether oxygens (including phenoxy) is 1. The van der Waals surface area contributed by atoms with Crippen LogP contribution < -0.4 is 0 Å². The Hall–Kier alpha value is -1.06. The van der Waals surface area contributed by atoms with E-state index in [0.717, 1.165) is 0 Å². The van der Waals surface area contributed by atoms with Crippen molar-refractivity contribution in [2.45, 2.75) is 6.29 Å². The molecule has 1 aromatic carbocycles. The van der Waals surface area contributed by atoms with E-state index in [0.29, 0.717) is 10.6 Å². The van der Waals surface area contributed by atoms with Crippen molar-refractivity contribution >= 4 is 17.6 Å². The Kier molecular flexibility index (Phi) is 1.56. The van der Waals surface area contributed by atoms with Crippen LogP contribution in [0.4, 0.5) is 0 Å². The zero-order chi connectivity index (χ0) is 8.72. The summed E-state index contributed by atoms with van der Waals surface area (Å²) < 4.78 is 4.54. The first-order chi connectivity index (χ1) is 5.70. The molecule has 1 aliphatic heterocycles. The van der Waals surface area contributed by atoms with Gasteiger partial charge < -0.3 is 9.84 Å². The number of carbonyl (C=O) groups excluding carboxylic acids is 1. The van der Waals surface area contributed by atoms with Gasteiger partial charge in [-0.25, -0.2) is 4.79 Å².